The third-order valence-corrected chi connectivity index (χ3v) is 2.78. The number of rotatable bonds is 12. The van der Waals surface area contributed by atoms with Gasteiger partial charge in [0.25, 0.3) is 0 Å². The van der Waals surface area contributed by atoms with Crippen LogP contribution in [0.1, 0.15) is 39.5 Å². The predicted octanol–water partition coefficient (Wildman–Crippen LogP) is 2.35. The van der Waals surface area contributed by atoms with Crippen LogP contribution in [-0.2, 0) is 9.47 Å². The van der Waals surface area contributed by atoms with Crippen LogP contribution >= 0.6 is 0 Å². The highest BCUT2D eigenvalue weighted by molar-refractivity contribution is 4.91. The van der Waals surface area contributed by atoms with Gasteiger partial charge < -0.3 is 14.8 Å². The molecule has 0 aromatic heterocycles. The number of nitriles is 1. The molecule has 4 heteroatoms. The summed E-state index contributed by atoms with van der Waals surface area (Å²) in [6, 6.07) is 2.33. The van der Waals surface area contributed by atoms with E-state index in [9.17, 15) is 0 Å². The van der Waals surface area contributed by atoms with Crippen LogP contribution in [0.25, 0.3) is 0 Å². The first-order chi connectivity index (χ1) is 8.62. The number of hydrogen-bond donors (Lipinski definition) is 1. The van der Waals surface area contributed by atoms with Crippen molar-refractivity contribution in [2.75, 3.05) is 40.0 Å². The van der Waals surface area contributed by atoms with Gasteiger partial charge in [-0.15, -0.1) is 0 Å². The van der Waals surface area contributed by atoms with Gasteiger partial charge in [0, 0.05) is 13.7 Å². The molecule has 0 aliphatic heterocycles. The summed E-state index contributed by atoms with van der Waals surface area (Å²) in [5, 5.41) is 12.3. The SMILES string of the molecule is COCCOCCCNCCCCC(C)(C)C#N. The van der Waals surface area contributed by atoms with Crippen LogP contribution in [0.5, 0.6) is 0 Å². The van der Waals surface area contributed by atoms with Gasteiger partial charge >= 0.3 is 0 Å². The Morgan fingerprint density at radius 2 is 1.78 bits per heavy atom. The van der Waals surface area contributed by atoms with Crippen molar-refractivity contribution in [3.05, 3.63) is 0 Å². The molecule has 0 spiro atoms. The van der Waals surface area contributed by atoms with E-state index in [2.05, 4.69) is 11.4 Å². The van der Waals surface area contributed by atoms with E-state index in [1.165, 1.54) is 0 Å². The second kappa shape index (κ2) is 11.5. The third-order valence-electron chi connectivity index (χ3n) is 2.78. The molecule has 0 aliphatic carbocycles. The van der Waals surface area contributed by atoms with Crippen molar-refractivity contribution in [3.63, 3.8) is 0 Å². The Bertz CT molecular complexity index is 224. The second-order valence-corrected chi connectivity index (χ2v) is 5.16. The van der Waals surface area contributed by atoms with E-state index in [0.717, 1.165) is 45.4 Å². The summed E-state index contributed by atoms with van der Waals surface area (Å²) in [7, 11) is 1.68. The Balaban J connectivity index is 3.11. The van der Waals surface area contributed by atoms with Gasteiger partial charge in [-0.3, -0.25) is 0 Å². The van der Waals surface area contributed by atoms with Crippen molar-refractivity contribution in [2.24, 2.45) is 5.41 Å². The Kier molecular flexibility index (Phi) is 11.1. The fourth-order valence-electron chi connectivity index (χ4n) is 1.54. The summed E-state index contributed by atoms with van der Waals surface area (Å²) in [5.41, 5.74) is -0.171. The Hall–Kier alpha value is -0.630. The standard InChI is InChI=1S/C14H28N2O2/c1-14(2,13-15)7-4-5-8-16-9-6-10-18-12-11-17-3/h16H,4-12H2,1-3H3. The summed E-state index contributed by atoms with van der Waals surface area (Å²) in [4.78, 5) is 0. The molecule has 18 heavy (non-hydrogen) atoms. The number of nitrogens with zero attached hydrogens (tertiary/aromatic N) is 1. The van der Waals surface area contributed by atoms with Gasteiger partial charge in [-0.1, -0.05) is 6.42 Å². The first kappa shape index (κ1) is 17.4. The van der Waals surface area contributed by atoms with Crippen LogP contribution in [0.3, 0.4) is 0 Å². The fraction of sp³-hybridized carbons (Fsp3) is 0.929. The first-order valence-corrected chi connectivity index (χ1v) is 6.81. The van der Waals surface area contributed by atoms with E-state index in [1.54, 1.807) is 7.11 Å². The molecule has 0 fully saturated rings. The molecular weight excluding hydrogens is 228 g/mol. The van der Waals surface area contributed by atoms with E-state index < -0.39 is 0 Å². The molecule has 0 saturated heterocycles. The molecular formula is C14H28N2O2. The van der Waals surface area contributed by atoms with E-state index in [-0.39, 0.29) is 5.41 Å². The predicted molar refractivity (Wildman–Crippen MR) is 73.4 cm³/mol. The largest absolute Gasteiger partial charge is 0.382 e. The van der Waals surface area contributed by atoms with E-state index in [4.69, 9.17) is 14.7 Å². The van der Waals surface area contributed by atoms with Crippen molar-refractivity contribution in [1.29, 1.82) is 5.26 Å². The second-order valence-electron chi connectivity index (χ2n) is 5.16. The number of nitrogens with one attached hydrogen (secondary N) is 1. The van der Waals surface area contributed by atoms with Crippen LogP contribution in [0.15, 0.2) is 0 Å². The molecule has 0 aromatic rings. The van der Waals surface area contributed by atoms with Gasteiger partial charge in [-0.05, 0) is 46.2 Å². The lowest BCUT2D eigenvalue weighted by atomic mass is 9.89. The Morgan fingerprint density at radius 3 is 2.44 bits per heavy atom. The highest BCUT2D eigenvalue weighted by Crippen LogP contribution is 2.21. The van der Waals surface area contributed by atoms with E-state index in [1.807, 2.05) is 13.8 Å². The minimum absolute atomic E-state index is 0.171. The smallest absolute Gasteiger partial charge is 0.0700 e. The van der Waals surface area contributed by atoms with Crippen LogP contribution in [0.4, 0.5) is 0 Å². The van der Waals surface area contributed by atoms with E-state index >= 15 is 0 Å². The molecule has 1 N–H and O–H groups in total. The summed E-state index contributed by atoms with van der Waals surface area (Å²) in [6.45, 7) is 8.16. The first-order valence-electron chi connectivity index (χ1n) is 6.81. The van der Waals surface area contributed by atoms with Crippen LogP contribution in [-0.4, -0.2) is 40.0 Å². The van der Waals surface area contributed by atoms with Crippen LogP contribution in [0, 0.1) is 16.7 Å². The maximum Gasteiger partial charge on any atom is 0.0700 e. The molecule has 0 atom stereocenters. The lowest BCUT2D eigenvalue weighted by molar-refractivity contribution is 0.0695. The fourth-order valence-corrected chi connectivity index (χ4v) is 1.54. The zero-order chi connectivity index (χ0) is 13.7. The molecule has 4 nitrogen and oxygen atoms in total. The van der Waals surface area contributed by atoms with Crippen molar-refractivity contribution < 1.29 is 9.47 Å². The van der Waals surface area contributed by atoms with Gasteiger partial charge in [0.05, 0.1) is 24.7 Å². The normalized spacial score (nSPS) is 11.4. The van der Waals surface area contributed by atoms with Crippen LogP contribution in [0.2, 0.25) is 0 Å². The van der Waals surface area contributed by atoms with Crippen molar-refractivity contribution in [1.82, 2.24) is 5.32 Å². The molecule has 0 saturated carbocycles. The molecule has 106 valence electrons. The minimum atomic E-state index is -0.171. The van der Waals surface area contributed by atoms with Gasteiger partial charge in [0.1, 0.15) is 0 Å². The summed E-state index contributed by atoms with van der Waals surface area (Å²) in [6.07, 6.45) is 4.26. The third kappa shape index (κ3) is 11.8. The summed E-state index contributed by atoms with van der Waals surface area (Å²) in [5.74, 6) is 0. The lowest BCUT2D eigenvalue weighted by Crippen LogP contribution is -2.19. The van der Waals surface area contributed by atoms with Crippen LogP contribution < -0.4 is 5.32 Å². The number of ether oxygens (including phenoxy) is 2. The lowest BCUT2D eigenvalue weighted by Gasteiger charge is -2.14. The molecule has 0 unspecified atom stereocenters. The van der Waals surface area contributed by atoms with Crippen molar-refractivity contribution in [2.45, 2.75) is 39.5 Å². The summed E-state index contributed by atoms with van der Waals surface area (Å²) >= 11 is 0. The van der Waals surface area contributed by atoms with Gasteiger partial charge in [-0.2, -0.15) is 5.26 Å². The number of methoxy groups -OCH3 is 1. The average molecular weight is 256 g/mol. The zero-order valence-electron chi connectivity index (χ0n) is 12.1. The molecule has 0 rings (SSSR count). The molecule has 0 bridgehead atoms. The van der Waals surface area contributed by atoms with Crippen molar-refractivity contribution in [3.8, 4) is 6.07 Å². The molecule has 0 aromatic carbocycles. The average Bonchev–Trinajstić information content (AvgIpc) is 2.36. The quantitative estimate of drug-likeness (QED) is 0.545. The van der Waals surface area contributed by atoms with Gasteiger partial charge in [0.15, 0.2) is 0 Å². The maximum atomic E-state index is 8.87. The molecule has 0 radical (unpaired) electrons. The number of unbranched alkanes of at least 4 members (excludes halogenated alkanes) is 1. The van der Waals surface area contributed by atoms with Gasteiger partial charge in [0.2, 0.25) is 0 Å². The summed E-state index contributed by atoms with van der Waals surface area (Å²) < 4.78 is 10.2. The molecule has 0 amide bonds. The topological polar surface area (TPSA) is 54.3 Å². The highest BCUT2D eigenvalue weighted by Gasteiger charge is 2.14. The van der Waals surface area contributed by atoms with E-state index in [0.29, 0.717) is 13.2 Å². The zero-order valence-corrected chi connectivity index (χ0v) is 12.1. The molecule has 0 aliphatic rings. The highest BCUT2D eigenvalue weighted by atomic mass is 16.5. The minimum Gasteiger partial charge on any atom is -0.382 e. The van der Waals surface area contributed by atoms with Crippen molar-refractivity contribution >= 4 is 0 Å². The monoisotopic (exact) mass is 256 g/mol. The Morgan fingerprint density at radius 1 is 1.06 bits per heavy atom. The van der Waals surface area contributed by atoms with Gasteiger partial charge in [-0.25, -0.2) is 0 Å². The molecule has 0 heterocycles. The Labute approximate surface area is 112 Å². The number of hydrogen-bond acceptors (Lipinski definition) is 4. The maximum absolute atomic E-state index is 8.87.